The summed E-state index contributed by atoms with van der Waals surface area (Å²) in [4.78, 5) is 18.1. The average Bonchev–Trinajstić information content (AvgIpc) is 3.10. The van der Waals surface area contributed by atoms with Gasteiger partial charge in [0.1, 0.15) is 12.9 Å². The van der Waals surface area contributed by atoms with Gasteiger partial charge in [0, 0.05) is 24.3 Å². The van der Waals surface area contributed by atoms with Crippen molar-refractivity contribution in [3.63, 3.8) is 0 Å². The van der Waals surface area contributed by atoms with Gasteiger partial charge >= 0.3 is 0 Å². The van der Waals surface area contributed by atoms with E-state index in [0.717, 1.165) is 31.5 Å². The van der Waals surface area contributed by atoms with E-state index in [-0.39, 0.29) is 12.5 Å². The Balaban J connectivity index is 1.72. The number of hydrogen-bond donors (Lipinski definition) is 1. The normalized spacial score (nSPS) is 14.7. The number of nitrogens with two attached hydrogens (primary N) is 1. The second-order valence-electron chi connectivity index (χ2n) is 4.98. The molecule has 1 aromatic heterocycles. The lowest BCUT2D eigenvalue weighted by atomic mass is 10.2. The van der Waals surface area contributed by atoms with Gasteiger partial charge in [-0.2, -0.15) is 5.10 Å². The first-order chi connectivity index (χ1) is 9.72. The van der Waals surface area contributed by atoms with E-state index in [0.29, 0.717) is 11.5 Å². The second-order valence-corrected chi connectivity index (χ2v) is 4.98. The number of nitrogens with zero attached hydrogens (tertiary/aromatic N) is 4. The minimum Gasteiger partial charge on any atom is -0.399 e. The molecule has 1 aliphatic rings. The number of amides is 1. The zero-order valence-electron chi connectivity index (χ0n) is 11.2. The molecule has 2 aromatic rings. The van der Waals surface area contributed by atoms with Gasteiger partial charge in [-0.15, -0.1) is 0 Å². The number of benzene rings is 1. The molecular weight excluding hydrogens is 254 g/mol. The van der Waals surface area contributed by atoms with Gasteiger partial charge < -0.3 is 10.6 Å². The van der Waals surface area contributed by atoms with E-state index in [1.54, 1.807) is 11.0 Å². The molecule has 0 radical (unpaired) electrons. The van der Waals surface area contributed by atoms with Crippen molar-refractivity contribution >= 4 is 11.6 Å². The van der Waals surface area contributed by atoms with Gasteiger partial charge in [-0.05, 0) is 25.0 Å². The van der Waals surface area contributed by atoms with Crippen LogP contribution in [0.4, 0.5) is 5.69 Å². The molecule has 1 amide bonds. The molecule has 0 saturated carbocycles. The van der Waals surface area contributed by atoms with E-state index in [2.05, 4.69) is 10.1 Å². The molecule has 0 bridgehead atoms. The molecule has 1 saturated heterocycles. The molecule has 6 nitrogen and oxygen atoms in total. The van der Waals surface area contributed by atoms with Gasteiger partial charge in [0.15, 0.2) is 5.82 Å². The van der Waals surface area contributed by atoms with Crippen molar-refractivity contribution in [2.45, 2.75) is 19.4 Å². The maximum Gasteiger partial charge on any atom is 0.244 e. The van der Waals surface area contributed by atoms with Crippen molar-refractivity contribution in [3.05, 3.63) is 30.6 Å². The van der Waals surface area contributed by atoms with Crippen molar-refractivity contribution in [1.82, 2.24) is 19.7 Å². The molecule has 0 spiro atoms. The Hall–Kier alpha value is -2.37. The summed E-state index contributed by atoms with van der Waals surface area (Å²) in [5.74, 6) is 0.693. The fourth-order valence-corrected chi connectivity index (χ4v) is 2.39. The lowest BCUT2D eigenvalue weighted by Gasteiger charge is -2.14. The molecule has 0 aliphatic carbocycles. The van der Waals surface area contributed by atoms with Crippen LogP contribution in [0, 0.1) is 0 Å². The van der Waals surface area contributed by atoms with E-state index in [9.17, 15) is 4.79 Å². The van der Waals surface area contributed by atoms with Crippen LogP contribution in [0.2, 0.25) is 0 Å². The topological polar surface area (TPSA) is 77.0 Å². The Morgan fingerprint density at radius 3 is 2.85 bits per heavy atom. The second kappa shape index (κ2) is 5.32. The molecule has 1 aliphatic heterocycles. The molecule has 1 fully saturated rings. The van der Waals surface area contributed by atoms with Crippen LogP contribution < -0.4 is 5.73 Å². The van der Waals surface area contributed by atoms with E-state index < -0.39 is 0 Å². The number of carbonyl (C=O) groups is 1. The monoisotopic (exact) mass is 271 g/mol. The van der Waals surface area contributed by atoms with E-state index in [4.69, 9.17) is 5.73 Å². The van der Waals surface area contributed by atoms with E-state index in [1.165, 1.54) is 0 Å². The van der Waals surface area contributed by atoms with Gasteiger partial charge in [0.2, 0.25) is 5.91 Å². The highest BCUT2D eigenvalue weighted by atomic mass is 16.2. The van der Waals surface area contributed by atoms with Crippen molar-refractivity contribution in [2.75, 3.05) is 18.8 Å². The Bertz CT molecular complexity index is 616. The molecule has 0 atom stereocenters. The number of hydrogen-bond acceptors (Lipinski definition) is 4. The Kier molecular flexibility index (Phi) is 3.37. The average molecular weight is 271 g/mol. The van der Waals surface area contributed by atoms with Gasteiger partial charge in [0.25, 0.3) is 0 Å². The van der Waals surface area contributed by atoms with Crippen molar-refractivity contribution in [3.8, 4) is 11.4 Å². The molecule has 6 heteroatoms. The molecule has 0 unspecified atom stereocenters. The predicted molar refractivity (Wildman–Crippen MR) is 75.7 cm³/mol. The summed E-state index contributed by atoms with van der Waals surface area (Å²) in [7, 11) is 0. The third-order valence-corrected chi connectivity index (χ3v) is 3.44. The Morgan fingerprint density at radius 1 is 1.30 bits per heavy atom. The van der Waals surface area contributed by atoms with E-state index >= 15 is 0 Å². The first kappa shape index (κ1) is 12.7. The maximum atomic E-state index is 12.0. The SMILES string of the molecule is Nc1cccc(-c2ncn(CC(=O)N3CCCC3)n2)c1. The highest BCUT2D eigenvalue weighted by molar-refractivity contribution is 5.76. The molecule has 104 valence electrons. The first-order valence-corrected chi connectivity index (χ1v) is 6.75. The zero-order valence-corrected chi connectivity index (χ0v) is 11.2. The van der Waals surface area contributed by atoms with Crippen LogP contribution in [0.25, 0.3) is 11.4 Å². The number of rotatable bonds is 3. The van der Waals surface area contributed by atoms with Crippen LogP contribution in [0.1, 0.15) is 12.8 Å². The maximum absolute atomic E-state index is 12.0. The Labute approximate surface area is 117 Å². The van der Waals surface area contributed by atoms with Crippen LogP contribution in [-0.4, -0.2) is 38.7 Å². The fourth-order valence-electron chi connectivity index (χ4n) is 2.39. The summed E-state index contributed by atoms with van der Waals surface area (Å²) >= 11 is 0. The first-order valence-electron chi connectivity index (χ1n) is 6.75. The molecule has 20 heavy (non-hydrogen) atoms. The standard InChI is InChI=1S/C14H17N5O/c15-12-5-3-4-11(8-12)14-16-10-19(17-14)9-13(20)18-6-1-2-7-18/h3-5,8,10H,1-2,6-7,9,15H2. The number of anilines is 1. The lowest BCUT2D eigenvalue weighted by Crippen LogP contribution is -2.31. The van der Waals surface area contributed by atoms with Crippen LogP contribution in [0.15, 0.2) is 30.6 Å². The fraction of sp³-hybridized carbons (Fsp3) is 0.357. The largest absolute Gasteiger partial charge is 0.399 e. The number of carbonyl (C=O) groups excluding carboxylic acids is 1. The van der Waals surface area contributed by atoms with Gasteiger partial charge in [0.05, 0.1) is 0 Å². The minimum absolute atomic E-state index is 0.103. The van der Waals surface area contributed by atoms with Crippen LogP contribution in [0.3, 0.4) is 0 Å². The number of likely N-dealkylation sites (tertiary alicyclic amines) is 1. The highest BCUT2D eigenvalue weighted by Gasteiger charge is 2.18. The summed E-state index contributed by atoms with van der Waals surface area (Å²) in [6.07, 6.45) is 3.78. The quantitative estimate of drug-likeness (QED) is 0.849. The summed E-state index contributed by atoms with van der Waals surface area (Å²) in [5, 5.41) is 4.34. The van der Waals surface area contributed by atoms with Crippen molar-refractivity contribution < 1.29 is 4.79 Å². The molecule has 1 aromatic carbocycles. The lowest BCUT2D eigenvalue weighted by molar-refractivity contribution is -0.130. The molecular formula is C14H17N5O. The van der Waals surface area contributed by atoms with Gasteiger partial charge in [-0.25, -0.2) is 9.67 Å². The third-order valence-electron chi connectivity index (χ3n) is 3.44. The Morgan fingerprint density at radius 2 is 2.10 bits per heavy atom. The smallest absolute Gasteiger partial charge is 0.244 e. The molecule has 2 heterocycles. The van der Waals surface area contributed by atoms with Gasteiger partial charge in [-0.1, -0.05) is 12.1 Å². The number of nitrogen functional groups attached to an aromatic ring is 1. The predicted octanol–water partition coefficient (Wildman–Crippen LogP) is 1.15. The summed E-state index contributed by atoms with van der Waals surface area (Å²) in [5.41, 5.74) is 7.27. The van der Waals surface area contributed by atoms with Crippen LogP contribution >= 0.6 is 0 Å². The van der Waals surface area contributed by atoms with Crippen LogP contribution in [-0.2, 0) is 11.3 Å². The third kappa shape index (κ3) is 2.64. The minimum atomic E-state index is 0.103. The van der Waals surface area contributed by atoms with Crippen molar-refractivity contribution in [2.24, 2.45) is 0 Å². The van der Waals surface area contributed by atoms with Crippen molar-refractivity contribution in [1.29, 1.82) is 0 Å². The summed E-state index contributed by atoms with van der Waals surface area (Å²) in [6, 6.07) is 7.40. The zero-order chi connectivity index (χ0) is 13.9. The van der Waals surface area contributed by atoms with E-state index in [1.807, 2.05) is 29.2 Å². The highest BCUT2D eigenvalue weighted by Crippen LogP contribution is 2.17. The van der Waals surface area contributed by atoms with Gasteiger partial charge in [-0.3, -0.25) is 4.79 Å². The molecule has 3 rings (SSSR count). The number of aromatic nitrogens is 3. The summed E-state index contributed by atoms with van der Waals surface area (Å²) < 4.78 is 1.58. The molecule has 2 N–H and O–H groups in total. The van der Waals surface area contributed by atoms with Crippen LogP contribution in [0.5, 0.6) is 0 Å². The summed E-state index contributed by atoms with van der Waals surface area (Å²) in [6.45, 7) is 1.96.